The number of carbonyl (C=O) groups excluding carboxylic acids is 2. The summed E-state index contributed by atoms with van der Waals surface area (Å²) in [5.41, 5.74) is 1.72. The fourth-order valence-corrected chi connectivity index (χ4v) is 4.15. The van der Waals surface area contributed by atoms with E-state index < -0.39 is 0 Å². The number of amides is 2. The fourth-order valence-electron chi connectivity index (χ4n) is 3.97. The SMILES string of the molecule is COCCCNC(=O)C1CCN(C(=O)c2cc(-c3ccco3)n(-c3cccc(Cl)c3)n2)CC1. The van der Waals surface area contributed by atoms with Gasteiger partial charge in [0.05, 0.1) is 12.0 Å². The van der Waals surface area contributed by atoms with E-state index in [0.717, 1.165) is 12.1 Å². The highest BCUT2D eigenvalue weighted by Crippen LogP contribution is 2.27. The number of hydrogen-bond donors (Lipinski definition) is 1. The minimum atomic E-state index is -0.164. The van der Waals surface area contributed by atoms with Crippen LogP contribution in [0.25, 0.3) is 17.1 Å². The van der Waals surface area contributed by atoms with Gasteiger partial charge in [-0.05, 0) is 49.6 Å². The average Bonchev–Trinajstić information content (AvgIpc) is 3.51. The summed E-state index contributed by atoms with van der Waals surface area (Å²) in [6, 6.07) is 12.6. The first kappa shape index (κ1) is 23.1. The number of ether oxygens (including phenoxy) is 1. The van der Waals surface area contributed by atoms with Crippen LogP contribution >= 0.6 is 11.6 Å². The van der Waals surface area contributed by atoms with E-state index >= 15 is 0 Å². The lowest BCUT2D eigenvalue weighted by atomic mass is 9.95. The molecule has 3 heterocycles. The number of benzene rings is 1. The van der Waals surface area contributed by atoms with Gasteiger partial charge in [0.2, 0.25) is 5.91 Å². The number of rotatable bonds is 8. The summed E-state index contributed by atoms with van der Waals surface area (Å²) in [4.78, 5) is 27.4. The van der Waals surface area contributed by atoms with Crippen LogP contribution in [0.4, 0.5) is 0 Å². The highest BCUT2D eigenvalue weighted by atomic mass is 35.5. The molecule has 1 aromatic carbocycles. The summed E-state index contributed by atoms with van der Waals surface area (Å²) >= 11 is 6.17. The van der Waals surface area contributed by atoms with Crippen LogP contribution in [0.2, 0.25) is 5.02 Å². The van der Waals surface area contributed by atoms with Gasteiger partial charge in [0.1, 0.15) is 5.69 Å². The number of aromatic nitrogens is 2. The van der Waals surface area contributed by atoms with Gasteiger partial charge in [-0.2, -0.15) is 5.10 Å². The molecular formula is C24H27ClN4O4. The molecule has 0 bridgehead atoms. The van der Waals surface area contributed by atoms with Crippen molar-refractivity contribution in [3.8, 4) is 17.1 Å². The van der Waals surface area contributed by atoms with Crippen molar-refractivity contribution in [1.29, 1.82) is 0 Å². The molecule has 0 unspecified atom stereocenters. The molecule has 2 amide bonds. The maximum absolute atomic E-state index is 13.2. The summed E-state index contributed by atoms with van der Waals surface area (Å²) in [6.07, 6.45) is 3.62. The average molecular weight is 471 g/mol. The molecule has 174 valence electrons. The van der Waals surface area contributed by atoms with Crippen LogP contribution in [0.1, 0.15) is 29.8 Å². The number of methoxy groups -OCH3 is 1. The van der Waals surface area contributed by atoms with Gasteiger partial charge < -0.3 is 19.4 Å². The van der Waals surface area contributed by atoms with Crippen LogP contribution < -0.4 is 5.32 Å². The molecule has 3 aromatic rings. The molecule has 1 aliphatic heterocycles. The zero-order chi connectivity index (χ0) is 23.2. The lowest BCUT2D eigenvalue weighted by molar-refractivity contribution is -0.126. The van der Waals surface area contributed by atoms with Gasteiger partial charge in [0, 0.05) is 50.4 Å². The number of carbonyl (C=O) groups is 2. The molecule has 8 nitrogen and oxygen atoms in total. The van der Waals surface area contributed by atoms with Crippen molar-refractivity contribution in [2.45, 2.75) is 19.3 Å². The van der Waals surface area contributed by atoms with Crippen LogP contribution in [-0.4, -0.2) is 59.8 Å². The third kappa shape index (κ3) is 5.46. The van der Waals surface area contributed by atoms with E-state index in [1.807, 2.05) is 18.2 Å². The number of likely N-dealkylation sites (tertiary alicyclic amines) is 1. The molecule has 0 spiro atoms. The predicted octanol–water partition coefficient (Wildman–Crippen LogP) is 3.79. The lowest BCUT2D eigenvalue weighted by Gasteiger charge is -2.30. The van der Waals surface area contributed by atoms with Crippen molar-refractivity contribution in [2.24, 2.45) is 5.92 Å². The van der Waals surface area contributed by atoms with Crippen molar-refractivity contribution in [3.63, 3.8) is 0 Å². The van der Waals surface area contributed by atoms with Crippen LogP contribution in [0.5, 0.6) is 0 Å². The molecule has 1 aliphatic rings. The number of nitrogens with zero attached hydrogens (tertiary/aromatic N) is 3. The second-order valence-electron chi connectivity index (χ2n) is 7.99. The highest BCUT2D eigenvalue weighted by Gasteiger charge is 2.29. The number of piperidine rings is 1. The number of nitrogens with one attached hydrogen (secondary N) is 1. The summed E-state index contributed by atoms with van der Waals surface area (Å²) in [7, 11) is 1.64. The van der Waals surface area contributed by atoms with Crippen molar-refractivity contribution in [1.82, 2.24) is 20.0 Å². The normalized spacial score (nSPS) is 14.4. The molecule has 33 heavy (non-hydrogen) atoms. The van der Waals surface area contributed by atoms with Gasteiger partial charge in [0.25, 0.3) is 5.91 Å². The minimum Gasteiger partial charge on any atom is -0.463 e. The third-order valence-electron chi connectivity index (χ3n) is 5.73. The molecule has 0 radical (unpaired) electrons. The Morgan fingerprint density at radius 1 is 1.21 bits per heavy atom. The first-order valence-electron chi connectivity index (χ1n) is 11.0. The summed E-state index contributed by atoms with van der Waals surface area (Å²) in [6.45, 7) is 2.24. The number of hydrogen-bond acceptors (Lipinski definition) is 5. The van der Waals surface area contributed by atoms with Gasteiger partial charge in [-0.1, -0.05) is 17.7 Å². The van der Waals surface area contributed by atoms with E-state index in [-0.39, 0.29) is 17.7 Å². The highest BCUT2D eigenvalue weighted by molar-refractivity contribution is 6.30. The van der Waals surface area contributed by atoms with E-state index in [9.17, 15) is 9.59 Å². The number of furan rings is 1. The maximum atomic E-state index is 13.2. The second-order valence-corrected chi connectivity index (χ2v) is 8.42. The van der Waals surface area contributed by atoms with Crippen LogP contribution in [0.3, 0.4) is 0 Å². The molecule has 0 atom stereocenters. The molecule has 4 rings (SSSR count). The lowest BCUT2D eigenvalue weighted by Crippen LogP contribution is -2.43. The Morgan fingerprint density at radius 2 is 2.03 bits per heavy atom. The summed E-state index contributed by atoms with van der Waals surface area (Å²) < 4.78 is 12.2. The molecule has 1 N–H and O–H groups in total. The van der Waals surface area contributed by atoms with Gasteiger partial charge in [0.15, 0.2) is 11.5 Å². The Kier molecular flexibility index (Phi) is 7.47. The topological polar surface area (TPSA) is 89.6 Å². The van der Waals surface area contributed by atoms with Crippen molar-refractivity contribution in [2.75, 3.05) is 33.4 Å². The Hall–Kier alpha value is -3.10. The van der Waals surface area contributed by atoms with Crippen molar-refractivity contribution >= 4 is 23.4 Å². The molecule has 2 aromatic heterocycles. The van der Waals surface area contributed by atoms with Crippen LogP contribution in [0.15, 0.2) is 53.1 Å². The van der Waals surface area contributed by atoms with E-state index in [1.54, 1.807) is 47.2 Å². The standard InChI is InChI=1S/C24H27ClN4O4/c1-32-13-4-10-26-23(30)17-8-11-28(12-9-17)24(31)20-16-21(22-7-3-14-33-22)29(27-20)19-6-2-5-18(25)15-19/h2-3,5-7,14-17H,4,8-13H2,1H3,(H,26,30). The molecular weight excluding hydrogens is 444 g/mol. The van der Waals surface area contributed by atoms with Gasteiger partial charge >= 0.3 is 0 Å². The maximum Gasteiger partial charge on any atom is 0.274 e. The molecule has 0 saturated carbocycles. The van der Waals surface area contributed by atoms with E-state index in [4.69, 9.17) is 20.8 Å². The van der Waals surface area contributed by atoms with Crippen molar-refractivity contribution < 1.29 is 18.7 Å². The molecule has 1 saturated heterocycles. The smallest absolute Gasteiger partial charge is 0.274 e. The van der Waals surface area contributed by atoms with Gasteiger partial charge in [-0.15, -0.1) is 0 Å². The van der Waals surface area contributed by atoms with Crippen molar-refractivity contribution in [3.05, 3.63) is 59.4 Å². The first-order chi connectivity index (χ1) is 16.1. The Balaban J connectivity index is 1.46. The second kappa shape index (κ2) is 10.7. The van der Waals surface area contributed by atoms with Gasteiger partial charge in [-0.25, -0.2) is 4.68 Å². The van der Waals surface area contributed by atoms with Crippen LogP contribution in [0, 0.1) is 5.92 Å². The van der Waals surface area contributed by atoms with E-state index in [1.165, 1.54) is 0 Å². The minimum absolute atomic E-state index is 0.0449. The fraction of sp³-hybridized carbons (Fsp3) is 0.375. The predicted molar refractivity (Wildman–Crippen MR) is 124 cm³/mol. The zero-order valence-electron chi connectivity index (χ0n) is 18.5. The Morgan fingerprint density at radius 3 is 2.73 bits per heavy atom. The Bertz CT molecular complexity index is 1090. The number of halogens is 1. The molecule has 0 aliphatic carbocycles. The first-order valence-corrected chi connectivity index (χ1v) is 11.4. The van der Waals surface area contributed by atoms with Crippen LogP contribution in [-0.2, 0) is 9.53 Å². The Labute approximate surface area is 197 Å². The van der Waals surface area contributed by atoms with E-state index in [2.05, 4.69) is 10.4 Å². The third-order valence-corrected chi connectivity index (χ3v) is 5.97. The largest absolute Gasteiger partial charge is 0.463 e. The van der Waals surface area contributed by atoms with E-state index in [0.29, 0.717) is 61.3 Å². The molecule has 9 heteroatoms. The monoisotopic (exact) mass is 470 g/mol. The quantitative estimate of drug-likeness (QED) is 0.506. The zero-order valence-corrected chi connectivity index (χ0v) is 19.3. The molecule has 1 fully saturated rings. The van der Waals surface area contributed by atoms with Gasteiger partial charge in [-0.3, -0.25) is 9.59 Å². The summed E-state index contributed by atoms with van der Waals surface area (Å²) in [5.74, 6) is 0.399. The summed E-state index contributed by atoms with van der Waals surface area (Å²) in [5, 5.41) is 8.11.